The highest BCUT2D eigenvalue weighted by atomic mass is 35.5. The number of amides is 2. The van der Waals surface area contributed by atoms with Crippen molar-refractivity contribution in [3.63, 3.8) is 0 Å². The molecule has 0 bridgehead atoms. The van der Waals surface area contributed by atoms with Gasteiger partial charge in [0.05, 0.1) is 17.1 Å². The van der Waals surface area contributed by atoms with Crippen LogP contribution >= 0.6 is 23.2 Å². The summed E-state index contributed by atoms with van der Waals surface area (Å²) in [6, 6.07) is 17.8. The lowest BCUT2D eigenvalue weighted by atomic mass is 10.0. The predicted octanol–water partition coefficient (Wildman–Crippen LogP) is 6.13. The summed E-state index contributed by atoms with van der Waals surface area (Å²) in [6.07, 6.45) is 2.59. The van der Waals surface area contributed by atoms with Crippen LogP contribution in [0.2, 0.25) is 10.0 Å². The van der Waals surface area contributed by atoms with Crippen molar-refractivity contribution in [3.8, 4) is 0 Å². The molecule has 0 saturated carbocycles. The van der Waals surface area contributed by atoms with Crippen LogP contribution in [0.4, 0.5) is 0 Å². The molecular weight excluding hydrogens is 495 g/mol. The Balaban J connectivity index is 1.41. The molecule has 6 nitrogen and oxygen atoms in total. The van der Waals surface area contributed by atoms with Gasteiger partial charge in [0, 0.05) is 34.3 Å². The Kier molecular flexibility index (Phi) is 6.99. The first-order valence-corrected chi connectivity index (χ1v) is 12.7. The number of hydrogen-bond donors (Lipinski definition) is 2. The second-order valence-electron chi connectivity index (χ2n) is 9.17. The molecule has 1 atom stereocenters. The molecule has 1 saturated heterocycles. The maximum atomic E-state index is 13.3. The van der Waals surface area contributed by atoms with Gasteiger partial charge >= 0.3 is 0 Å². The van der Waals surface area contributed by atoms with Crippen molar-refractivity contribution in [2.24, 2.45) is 0 Å². The van der Waals surface area contributed by atoms with Gasteiger partial charge in [0.15, 0.2) is 0 Å². The SMILES string of the molecule is Cc1cc(C(=O)N[C@@H](Cc2ccc(Cl)cc2)c2nc3ccc(Cl)cc3[nH]2)ccc1C(=O)N1CCCC1. The van der Waals surface area contributed by atoms with E-state index in [1.54, 1.807) is 24.3 Å². The highest BCUT2D eigenvalue weighted by Crippen LogP contribution is 2.24. The maximum absolute atomic E-state index is 13.3. The fourth-order valence-electron chi connectivity index (χ4n) is 4.62. The van der Waals surface area contributed by atoms with Gasteiger partial charge in [0.25, 0.3) is 11.8 Å². The normalized spacial score (nSPS) is 14.2. The second kappa shape index (κ2) is 10.3. The zero-order valence-corrected chi connectivity index (χ0v) is 21.4. The van der Waals surface area contributed by atoms with Crippen molar-refractivity contribution in [1.29, 1.82) is 0 Å². The van der Waals surface area contributed by atoms with Crippen LogP contribution in [0.15, 0.2) is 60.7 Å². The monoisotopic (exact) mass is 520 g/mol. The number of aryl methyl sites for hydroxylation is 1. The lowest BCUT2D eigenvalue weighted by molar-refractivity contribution is 0.0791. The van der Waals surface area contributed by atoms with Gasteiger partial charge in [-0.05, 0) is 85.8 Å². The number of carbonyl (C=O) groups is 2. The minimum absolute atomic E-state index is 0.0264. The number of nitrogens with one attached hydrogen (secondary N) is 2. The highest BCUT2D eigenvalue weighted by molar-refractivity contribution is 6.31. The van der Waals surface area contributed by atoms with Gasteiger partial charge in [-0.1, -0.05) is 35.3 Å². The molecule has 1 aliphatic rings. The topological polar surface area (TPSA) is 78.1 Å². The summed E-state index contributed by atoms with van der Waals surface area (Å²) in [5, 5.41) is 4.38. The van der Waals surface area contributed by atoms with Gasteiger partial charge in [0.2, 0.25) is 0 Å². The van der Waals surface area contributed by atoms with Gasteiger partial charge < -0.3 is 15.2 Å². The van der Waals surface area contributed by atoms with E-state index in [1.807, 2.05) is 48.2 Å². The van der Waals surface area contributed by atoms with Crippen LogP contribution in [0.25, 0.3) is 11.0 Å². The Labute approximate surface area is 219 Å². The van der Waals surface area contributed by atoms with E-state index < -0.39 is 6.04 Å². The largest absolute Gasteiger partial charge is 0.342 e. The Morgan fingerprint density at radius 3 is 2.44 bits per heavy atom. The molecule has 1 aliphatic heterocycles. The van der Waals surface area contributed by atoms with Crippen molar-refractivity contribution in [2.75, 3.05) is 13.1 Å². The molecule has 36 heavy (non-hydrogen) atoms. The molecule has 1 aromatic heterocycles. The minimum Gasteiger partial charge on any atom is -0.342 e. The van der Waals surface area contributed by atoms with Crippen LogP contribution in [0.1, 0.15) is 56.6 Å². The summed E-state index contributed by atoms with van der Waals surface area (Å²) >= 11 is 12.2. The van der Waals surface area contributed by atoms with E-state index in [0.717, 1.165) is 48.1 Å². The summed E-state index contributed by atoms with van der Waals surface area (Å²) in [5.74, 6) is 0.419. The molecule has 0 radical (unpaired) electrons. The number of halogens is 2. The minimum atomic E-state index is -0.420. The van der Waals surface area contributed by atoms with Crippen LogP contribution in [0.3, 0.4) is 0 Å². The summed E-state index contributed by atoms with van der Waals surface area (Å²) in [6.45, 7) is 3.44. The third-order valence-corrected chi connectivity index (χ3v) is 7.05. The predicted molar refractivity (Wildman–Crippen MR) is 143 cm³/mol. The van der Waals surface area contributed by atoms with Crippen molar-refractivity contribution in [2.45, 2.75) is 32.2 Å². The molecule has 0 aliphatic carbocycles. The Hall–Kier alpha value is -3.35. The Morgan fingerprint density at radius 2 is 1.72 bits per heavy atom. The third kappa shape index (κ3) is 5.25. The first-order valence-electron chi connectivity index (χ1n) is 12.0. The lowest BCUT2D eigenvalue weighted by Gasteiger charge is -2.19. The van der Waals surface area contributed by atoms with E-state index in [9.17, 15) is 9.59 Å². The molecular formula is C28H26Cl2N4O2. The van der Waals surface area contributed by atoms with Crippen LogP contribution in [0, 0.1) is 6.92 Å². The van der Waals surface area contributed by atoms with Crippen LogP contribution in [-0.2, 0) is 6.42 Å². The molecule has 2 heterocycles. The number of carbonyl (C=O) groups excluding carboxylic acids is 2. The van der Waals surface area contributed by atoms with E-state index in [4.69, 9.17) is 28.2 Å². The number of aromatic nitrogens is 2. The van der Waals surface area contributed by atoms with Gasteiger partial charge in [0.1, 0.15) is 5.82 Å². The summed E-state index contributed by atoms with van der Waals surface area (Å²) in [4.78, 5) is 36.1. The molecule has 2 amide bonds. The van der Waals surface area contributed by atoms with Crippen LogP contribution < -0.4 is 5.32 Å². The number of nitrogens with zero attached hydrogens (tertiary/aromatic N) is 2. The average Bonchev–Trinajstić information content (AvgIpc) is 3.54. The first kappa shape index (κ1) is 24.3. The fourth-order valence-corrected chi connectivity index (χ4v) is 4.91. The first-order chi connectivity index (χ1) is 17.4. The number of hydrogen-bond acceptors (Lipinski definition) is 3. The van der Waals surface area contributed by atoms with E-state index in [0.29, 0.717) is 33.4 Å². The molecule has 0 spiro atoms. The van der Waals surface area contributed by atoms with Crippen LogP contribution in [0.5, 0.6) is 0 Å². The summed E-state index contributed by atoms with van der Waals surface area (Å²) in [7, 11) is 0. The van der Waals surface area contributed by atoms with Crippen molar-refractivity contribution in [1.82, 2.24) is 20.2 Å². The number of fused-ring (bicyclic) bond motifs is 1. The van der Waals surface area contributed by atoms with Gasteiger partial charge in [-0.25, -0.2) is 4.98 Å². The lowest BCUT2D eigenvalue weighted by Crippen LogP contribution is -2.31. The molecule has 4 aromatic rings. The molecule has 2 N–H and O–H groups in total. The zero-order chi connectivity index (χ0) is 25.2. The number of benzene rings is 3. The molecule has 184 valence electrons. The Bertz CT molecular complexity index is 1430. The zero-order valence-electron chi connectivity index (χ0n) is 19.9. The number of likely N-dealkylation sites (tertiary alicyclic amines) is 1. The van der Waals surface area contributed by atoms with Crippen molar-refractivity contribution >= 4 is 46.0 Å². The quantitative estimate of drug-likeness (QED) is 0.321. The Morgan fingerprint density at radius 1 is 1.00 bits per heavy atom. The van der Waals surface area contributed by atoms with E-state index in [-0.39, 0.29) is 11.8 Å². The van der Waals surface area contributed by atoms with E-state index >= 15 is 0 Å². The smallest absolute Gasteiger partial charge is 0.254 e. The van der Waals surface area contributed by atoms with Gasteiger partial charge in [-0.3, -0.25) is 9.59 Å². The molecule has 0 unspecified atom stereocenters. The number of H-pyrrole nitrogens is 1. The molecule has 1 fully saturated rings. The summed E-state index contributed by atoms with van der Waals surface area (Å²) < 4.78 is 0. The standard InChI is InChI=1S/C28H26Cl2N4O2/c1-17-14-19(6-10-22(17)28(36)34-12-2-3-13-34)27(35)33-25(15-18-4-7-20(29)8-5-18)26-31-23-11-9-21(30)16-24(23)32-26/h4-11,14,16,25H,2-3,12-13,15H2,1H3,(H,31,32)(H,33,35)/t25-/m0/s1. The van der Waals surface area contributed by atoms with Crippen LogP contribution in [-0.4, -0.2) is 39.8 Å². The number of rotatable bonds is 6. The molecule has 3 aromatic carbocycles. The van der Waals surface area contributed by atoms with Gasteiger partial charge in [-0.15, -0.1) is 0 Å². The molecule has 8 heteroatoms. The number of aromatic amines is 1. The third-order valence-electron chi connectivity index (χ3n) is 6.56. The average molecular weight is 521 g/mol. The van der Waals surface area contributed by atoms with Crippen molar-refractivity contribution < 1.29 is 9.59 Å². The van der Waals surface area contributed by atoms with Gasteiger partial charge in [-0.2, -0.15) is 0 Å². The maximum Gasteiger partial charge on any atom is 0.254 e. The van der Waals surface area contributed by atoms with E-state index in [1.165, 1.54) is 0 Å². The van der Waals surface area contributed by atoms with Crippen molar-refractivity contribution in [3.05, 3.63) is 98.8 Å². The fraction of sp³-hybridized carbons (Fsp3) is 0.250. The van der Waals surface area contributed by atoms with E-state index in [2.05, 4.69) is 10.3 Å². The second-order valence-corrected chi connectivity index (χ2v) is 10.0. The summed E-state index contributed by atoms with van der Waals surface area (Å²) in [5.41, 5.74) is 4.49. The number of imidazole rings is 1. The highest BCUT2D eigenvalue weighted by Gasteiger charge is 2.23. The molecule has 5 rings (SSSR count).